The summed E-state index contributed by atoms with van der Waals surface area (Å²) in [6, 6.07) is -0.630. The van der Waals surface area contributed by atoms with Gasteiger partial charge in [0.05, 0.1) is 6.42 Å². The lowest BCUT2D eigenvalue weighted by molar-refractivity contribution is -0.137. The van der Waals surface area contributed by atoms with Crippen molar-refractivity contribution in [2.75, 3.05) is 6.54 Å². The van der Waals surface area contributed by atoms with Gasteiger partial charge in [0.25, 0.3) is 0 Å². The van der Waals surface area contributed by atoms with Crippen LogP contribution in [-0.4, -0.2) is 29.7 Å². The molecular weight excluding hydrogens is 256 g/mol. The molecule has 0 aliphatic rings. The maximum atomic E-state index is 11.8. The second-order valence-electron chi connectivity index (χ2n) is 7.14. The molecule has 0 heterocycles. The van der Waals surface area contributed by atoms with Gasteiger partial charge in [-0.2, -0.15) is 0 Å². The van der Waals surface area contributed by atoms with E-state index in [4.69, 9.17) is 5.11 Å². The molecule has 20 heavy (non-hydrogen) atoms. The molecule has 0 rings (SSSR count). The number of hydrogen-bond acceptors (Lipinski definition) is 2. The monoisotopic (exact) mass is 286 g/mol. The van der Waals surface area contributed by atoms with Crippen molar-refractivity contribution < 1.29 is 14.7 Å². The third-order valence-electron chi connectivity index (χ3n) is 3.34. The summed E-state index contributed by atoms with van der Waals surface area (Å²) in [5, 5.41) is 14.5. The molecule has 5 heteroatoms. The first-order valence-electron chi connectivity index (χ1n) is 7.27. The van der Waals surface area contributed by atoms with Gasteiger partial charge in [0.2, 0.25) is 0 Å². The molecule has 3 N–H and O–H groups in total. The number of nitrogens with one attached hydrogen (secondary N) is 2. The summed E-state index contributed by atoms with van der Waals surface area (Å²) < 4.78 is 0. The predicted octanol–water partition coefficient (Wildman–Crippen LogP) is 2.86. The van der Waals surface area contributed by atoms with E-state index < -0.39 is 5.97 Å². The summed E-state index contributed by atoms with van der Waals surface area (Å²) in [6.45, 7) is 13.0. The van der Waals surface area contributed by atoms with E-state index in [9.17, 15) is 9.59 Å². The van der Waals surface area contributed by atoms with Crippen molar-refractivity contribution in [3.63, 3.8) is 0 Å². The van der Waals surface area contributed by atoms with Gasteiger partial charge in [-0.25, -0.2) is 4.79 Å². The van der Waals surface area contributed by atoms with Crippen molar-refractivity contribution in [2.45, 2.75) is 60.4 Å². The summed E-state index contributed by atoms with van der Waals surface area (Å²) in [6.07, 6.45) is 0.580. The van der Waals surface area contributed by atoms with Crippen molar-refractivity contribution in [1.82, 2.24) is 10.6 Å². The van der Waals surface area contributed by atoms with Crippen LogP contribution in [0.15, 0.2) is 0 Å². The smallest absolute Gasteiger partial charge is 0.315 e. The Kier molecular flexibility index (Phi) is 7.61. The second-order valence-corrected chi connectivity index (χ2v) is 7.14. The van der Waals surface area contributed by atoms with E-state index in [0.717, 1.165) is 0 Å². The second kappa shape index (κ2) is 8.12. The van der Waals surface area contributed by atoms with Crippen LogP contribution >= 0.6 is 0 Å². The quantitative estimate of drug-likeness (QED) is 0.673. The lowest BCUT2D eigenvalue weighted by Crippen LogP contribution is -2.45. The van der Waals surface area contributed by atoms with Crippen LogP contribution in [0.1, 0.15) is 54.4 Å². The Labute approximate surface area is 122 Å². The maximum Gasteiger partial charge on any atom is 0.315 e. The van der Waals surface area contributed by atoms with E-state index in [1.54, 1.807) is 0 Å². The van der Waals surface area contributed by atoms with Crippen LogP contribution in [0.5, 0.6) is 0 Å². The Balaban J connectivity index is 4.35. The minimum absolute atomic E-state index is 0.0291. The first-order chi connectivity index (χ1) is 9.01. The summed E-state index contributed by atoms with van der Waals surface area (Å²) in [5.41, 5.74) is -0.0291. The zero-order valence-corrected chi connectivity index (χ0v) is 13.6. The number of carbonyl (C=O) groups excluding carboxylic acids is 1. The fourth-order valence-corrected chi connectivity index (χ4v) is 1.85. The molecule has 5 nitrogen and oxygen atoms in total. The third kappa shape index (κ3) is 9.64. The first-order valence-corrected chi connectivity index (χ1v) is 7.27. The Morgan fingerprint density at radius 3 is 2.10 bits per heavy atom. The number of carbonyl (C=O) groups is 2. The molecule has 0 bridgehead atoms. The number of rotatable bonds is 7. The highest BCUT2D eigenvalue weighted by Gasteiger charge is 2.22. The van der Waals surface area contributed by atoms with E-state index >= 15 is 0 Å². The highest BCUT2D eigenvalue weighted by atomic mass is 16.4. The summed E-state index contributed by atoms with van der Waals surface area (Å²) >= 11 is 0. The highest BCUT2D eigenvalue weighted by molar-refractivity contribution is 5.75. The lowest BCUT2D eigenvalue weighted by atomic mass is 9.87. The number of carboxylic acid groups (broad SMARTS) is 1. The van der Waals surface area contributed by atoms with Crippen molar-refractivity contribution in [2.24, 2.45) is 17.3 Å². The van der Waals surface area contributed by atoms with Crippen molar-refractivity contribution in [3.05, 3.63) is 0 Å². The van der Waals surface area contributed by atoms with Crippen LogP contribution in [0.2, 0.25) is 0 Å². The molecule has 0 aliphatic carbocycles. The van der Waals surface area contributed by atoms with Crippen molar-refractivity contribution in [3.8, 4) is 0 Å². The number of amides is 2. The first kappa shape index (κ1) is 18.7. The van der Waals surface area contributed by atoms with Crippen molar-refractivity contribution in [1.29, 1.82) is 0 Å². The Morgan fingerprint density at radius 1 is 1.15 bits per heavy atom. The van der Waals surface area contributed by atoms with Gasteiger partial charge < -0.3 is 15.7 Å². The fourth-order valence-electron chi connectivity index (χ4n) is 1.85. The minimum atomic E-state index is -0.893. The molecule has 118 valence electrons. The zero-order chi connectivity index (χ0) is 15.9. The van der Waals surface area contributed by atoms with Gasteiger partial charge in [0.1, 0.15) is 0 Å². The molecule has 2 atom stereocenters. The standard InChI is InChI=1S/C15H30N2O3/c1-10(2)11(3)9-16-14(20)17-12(7-13(18)19)8-15(4,5)6/h10-12H,7-9H2,1-6H3,(H,18,19)(H2,16,17,20). The Bertz CT molecular complexity index is 322. The molecule has 0 spiro atoms. The lowest BCUT2D eigenvalue weighted by Gasteiger charge is -2.26. The molecule has 0 saturated carbocycles. The third-order valence-corrected chi connectivity index (χ3v) is 3.34. The van der Waals surface area contributed by atoms with Crippen LogP contribution in [0.25, 0.3) is 0 Å². The van der Waals surface area contributed by atoms with Crippen LogP contribution in [-0.2, 0) is 4.79 Å². The molecule has 0 aliphatic heterocycles. The number of carboxylic acids is 1. The van der Waals surface area contributed by atoms with Gasteiger partial charge >= 0.3 is 12.0 Å². The van der Waals surface area contributed by atoms with Gasteiger partial charge in [0.15, 0.2) is 0 Å². The summed E-state index contributed by atoms with van der Waals surface area (Å²) in [7, 11) is 0. The normalized spacial score (nSPS) is 14.8. The topological polar surface area (TPSA) is 78.4 Å². The molecule has 2 amide bonds. The van der Waals surface area contributed by atoms with Crippen LogP contribution in [0.4, 0.5) is 4.79 Å². The highest BCUT2D eigenvalue weighted by Crippen LogP contribution is 2.22. The van der Waals surface area contributed by atoms with Crippen molar-refractivity contribution >= 4 is 12.0 Å². The number of hydrogen-bond donors (Lipinski definition) is 3. The van der Waals surface area contributed by atoms with Crippen LogP contribution in [0, 0.1) is 17.3 Å². The molecule has 0 radical (unpaired) electrons. The Hall–Kier alpha value is -1.26. The summed E-state index contributed by atoms with van der Waals surface area (Å²) in [5.74, 6) is -0.00363. The van der Waals surface area contributed by atoms with Crippen LogP contribution in [0.3, 0.4) is 0 Å². The minimum Gasteiger partial charge on any atom is -0.481 e. The molecule has 0 aromatic heterocycles. The molecule has 0 aromatic carbocycles. The van der Waals surface area contributed by atoms with Crippen LogP contribution < -0.4 is 10.6 Å². The molecule has 2 unspecified atom stereocenters. The SMILES string of the molecule is CC(C)C(C)CNC(=O)NC(CC(=O)O)CC(C)(C)C. The van der Waals surface area contributed by atoms with Gasteiger partial charge in [-0.15, -0.1) is 0 Å². The van der Waals surface area contributed by atoms with E-state index in [1.165, 1.54) is 0 Å². The number of urea groups is 1. The fraction of sp³-hybridized carbons (Fsp3) is 0.867. The van der Waals surface area contributed by atoms with Gasteiger partial charge in [-0.3, -0.25) is 4.79 Å². The van der Waals surface area contributed by atoms with Gasteiger partial charge in [0, 0.05) is 12.6 Å². The van der Waals surface area contributed by atoms with E-state index in [1.807, 2.05) is 20.8 Å². The average Bonchev–Trinajstić information content (AvgIpc) is 2.21. The summed E-state index contributed by atoms with van der Waals surface area (Å²) in [4.78, 5) is 22.7. The molecule has 0 fully saturated rings. The largest absolute Gasteiger partial charge is 0.481 e. The molecule has 0 aromatic rings. The zero-order valence-electron chi connectivity index (χ0n) is 13.6. The Morgan fingerprint density at radius 2 is 1.70 bits per heavy atom. The molecular formula is C15H30N2O3. The van der Waals surface area contributed by atoms with E-state index in [0.29, 0.717) is 24.8 Å². The van der Waals surface area contributed by atoms with E-state index in [2.05, 4.69) is 31.4 Å². The number of aliphatic carboxylic acids is 1. The van der Waals surface area contributed by atoms with E-state index in [-0.39, 0.29) is 23.9 Å². The maximum absolute atomic E-state index is 11.8. The van der Waals surface area contributed by atoms with Gasteiger partial charge in [-0.1, -0.05) is 41.5 Å². The van der Waals surface area contributed by atoms with Gasteiger partial charge in [-0.05, 0) is 23.7 Å². The molecule has 0 saturated heterocycles. The average molecular weight is 286 g/mol. The predicted molar refractivity (Wildman–Crippen MR) is 80.6 cm³/mol.